The van der Waals surface area contributed by atoms with Crippen molar-refractivity contribution in [3.63, 3.8) is 0 Å². The summed E-state index contributed by atoms with van der Waals surface area (Å²) in [7, 11) is 0. The Morgan fingerprint density at radius 3 is 2.23 bits per heavy atom. The van der Waals surface area contributed by atoms with Crippen molar-refractivity contribution in [2.75, 3.05) is 13.1 Å². The Kier molecular flexibility index (Phi) is 6.29. The molecule has 1 aliphatic rings. The number of hydrogen-bond donors (Lipinski definition) is 2. The lowest BCUT2D eigenvalue weighted by Crippen LogP contribution is -2.43. The van der Waals surface area contributed by atoms with Crippen LogP contribution >= 0.6 is 0 Å². The van der Waals surface area contributed by atoms with Crippen molar-refractivity contribution in [2.24, 2.45) is 0 Å². The van der Waals surface area contributed by atoms with Crippen LogP contribution in [-0.4, -0.2) is 40.3 Å². The largest absolute Gasteiger partial charge is 0.392 e. The Labute approximate surface area is 130 Å². The fraction of sp³-hybridized carbons (Fsp3) is 0.647. The van der Waals surface area contributed by atoms with E-state index in [1.807, 2.05) is 4.90 Å². The van der Waals surface area contributed by atoms with Gasteiger partial charge in [-0.1, -0.05) is 25.3 Å². The molecule has 1 fully saturated rings. The molecule has 3 nitrogen and oxygen atoms in total. The first-order valence-corrected chi connectivity index (χ1v) is 8.03. The van der Waals surface area contributed by atoms with Gasteiger partial charge in [-0.25, -0.2) is 8.78 Å². The predicted octanol–water partition coefficient (Wildman–Crippen LogP) is 3.01. The SMILES string of the molecule is CC(O)CN(CC(O)c1c(F)cccc1F)C1CCCCC1. The standard InChI is InChI=1S/C17H25F2NO2/c1-12(21)10-20(13-6-3-2-4-7-13)11-16(22)17-14(18)8-5-9-15(17)19/h5,8-9,12-13,16,21-22H,2-4,6-7,10-11H2,1H3. The third-order valence-electron chi connectivity index (χ3n) is 4.33. The third kappa shape index (κ3) is 4.48. The van der Waals surface area contributed by atoms with E-state index in [0.717, 1.165) is 37.8 Å². The number of rotatable bonds is 6. The van der Waals surface area contributed by atoms with Crippen molar-refractivity contribution in [2.45, 2.75) is 57.3 Å². The monoisotopic (exact) mass is 313 g/mol. The fourth-order valence-electron chi connectivity index (χ4n) is 3.30. The molecule has 5 heteroatoms. The molecule has 124 valence electrons. The Morgan fingerprint density at radius 1 is 1.09 bits per heavy atom. The highest BCUT2D eigenvalue weighted by molar-refractivity contribution is 5.22. The summed E-state index contributed by atoms with van der Waals surface area (Å²) in [4.78, 5) is 1.97. The molecular formula is C17H25F2NO2. The Morgan fingerprint density at radius 2 is 1.68 bits per heavy atom. The van der Waals surface area contributed by atoms with Crippen molar-refractivity contribution in [3.8, 4) is 0 Å². The van der Waals surface area contributed by atoms with Crippen LogP contribution in [0.15, 0.2) is 18.2 Å². The van der Waals surface area contributed by atoms with E-state index in [1.165, 1.54) is 12.5 Å². The molecule has 0 aliphatic heterocycles. The molecule has 0 aromatic heterocycles. The molecule has 2 atom stereocenters. The second-order valence-corrected chi connectivity index (χ2v) is 6.25. The lowest BCUT2D eigenvalue weighted by atomic mass is 9.93. The molecular weight excluding hydrogens is 288 g/mol. The number of hydrogen-bond acceptors (Lipinski definition) is 3. The quantitative estimate of drug-likeness (QED) is 0.848. The Balaban J connectivity index is 2.11. The summed E-state index contributed by atoms with van der Waals surface area (Å²) in [5.41, 5.74) is -0.283. The summed E-state index contributed by atoms with van der Waals surface area (Å²) >= 11 is 0. The summed E-state index contributed by atoms with van der Waals surface area (Å²) in [5.74, 6) is -1.46. The van der Waals surface area contributed by atoms with Crippen molar-refractivity contribution in [3.05, 3.63) is 35.4 Å². The van der Waals surface area contributed by atoms with Gasteiger partial charge < -0.3 is 10.2 Å². The second-order valence-electron chi connectivity index (χ2n) is 6.25. The van der Waals surface area contributed by atoms with Crippen LogP contribution in [0.4, 0.5) is 8.78 Å². The molecule has 0 radical (unpaired) electrons. The zero-order valence-electron chi connectivity index (χ0n) is 13.0. The van der Waals surface area contributed by atoms with E-state index in [1.54, 1.807) is 6.92 Å². The average Bonchev–Trinajstić information content (AvgIpc) is 2.47. The molecule has 0 amide bonds. The minimum Gasteiger partial charge on any atom is -0.392 e. The first-order valence-electron chi connectivity index (χ1n) is 8.03. The lowest BCUT2D eigenvalue weighted by Gasteiger charge is -2.36. The van der Waals surface area contributed by atoms with E-state index in [9.17, 15) is 19.0 Å². The molecule has 1 aromatic carbocycles. The Hall–Kier alpha value is -1.04. The topological polar surface area (TPSA) is 43.7 Å². The van der Waals surface area contributed by atoms with Crippen LogP contribution in [0.5, 0.6) is 0 Å². The van der Waals surface area contributed by atoms with E-state index in [0.29, 0.717) is 6.54 Å². The number of nitrogens with zero attached hydrogens (tertiary/aromatic N) is 1. The van der Waals surface area contributed by atoms with Crippen molar-refractivity contribution >= 4 is 0 Å². The van der Waals surface area contributed by atoms with Gasteiger partial charge in [0.15, 0.2) is 0 Å². The van der Waals surface area contributed by atoms with Gasteiger partial charge in [0, 0.05) is 19.1 Å². The van der Waals surface area contributed by atoms with Crippen LogP contribution in [-0.2, 0) is 0 Å². The average molecular weight is 313 g/mol. The number of aliphatic hydroxyl groups is 2. The van der Waals surface area contributed by atoms with Crippen LogP contribution in [0, 0.1) is 11.6 Å². The van der Waals surface area contributed by atoms with Crippen LogP contribution in [0.2, 0.25) is 0 Å². The minimum absolute atomic E-state index is 0.132. The molecule has 0 saturated heterocycles. The first kappa shape index (κ1) is 17.3. The molecule has 0 spiro atoms. The third-order valence-corrected chi connectivity index (χ3v) is 4.33. The van der Waals surface area contributed by atoms with Crippen LogP contribution < -0.4 is 0 Å². The molecule has 1 aliphatic carbocycles. The maximum absolute atomic E-state index is 13.8. The highest BCUT2D eigenvalue weighted by atomic mass is 19.1. The van der Waals surface area contributed by atoms with Gasteiger partial charge in [0.05, 0.1) is 17.8 Å². The summed E-state index contributed by atoms with van der Waals surface area (Å²) in [6, 6.07) is 3.85. The van der Waals surface area contributed by atoms with Gasteiger partial charge in [0.2, 0.25) is 0 Å². The molecule has 0 bridgehead atoms. The maximum Gasteiger partial charge on any atom is 0.131 e. The normalized spacial score (nSPS) is 19.4. The minimum atomic E-state index is -1.23. The van der Waals surface area contributed by atoms with Crippen LogP contribution in [0.3, 0.4) is 0 Å². The fourth-order valence-corrected chi connectivity index (χ4v) is 3.30. The molecule has 1 aromatic rings. The van der Waals surface area contributed by atoms with E-state index in [4.69, 9.17) is 0 Å². The maximum atomic E-state index is 13.8. The molecule has 2 unspecified atom stereocenters. The van der Waals surface area contributed by atoms with E-state index < -0.39 is 23.8 Å². The predicted molar refractivity (Wildman–Crippen MR) is 81.4 cm³/mol. The highest BCUT2D eigenvalue weighted by Crippen LogP contribution is 2.27. The Bertz CT molecular complexity index is 455. The van der Waals surface area contributed by atoms with Gasteiger partial charge in [-0.3, -0.25) is 4.90 Å². The van der Waals surface area contributed by atoms with Crippen LogP contribution in [0.25, 0.3) is 0 Å². The van der Waals surface area contributed by atoms with Crippen molar-refractivity contribution in [1.29, 1.82) is 0 Å². The zero-order valence-corrected chi connectivity index (χ0v) is 13.0. The second kappa shape index (κ2) is 7.99. The van der Waals surface area contributed by atoms with Gasteiger partial charge in [0.1, 0.15) is 11.6 Å². The van der Waals surface area contributed by atoms with E-state index in [-0.39, 0.29) is 18.2 Å². The summed E-state index contributed by atoms with van der Waals surface area (Å²) in [6.45, 7) is 2.22. The number of halogens is 2. The summed E-state index contributed by atoms with van der Waals surface area (Å²) < 4.78 is 27.6. The van der Waals surface area contributed by atoms with E-state index in [2.05, 4.69) is 0 Å². The van der Waals surface area contributed by atoms with Gasteiger partial charge in [-0.2, -0.15) is 0 Å². The number of benzene rings is 1. The van der Waals surface area contributed by atoms with Crippen LogP contribution in [0.1, 0.15) is 50.7 Å². The lowest BCUT2D eigenvalue weighted by molar-refractivity contribution is 0.0369. The smallest absolute Gasteiger partial charge is 0.131 e. The summed E-state index contributed by atoms with van der Waals surface area (Å²) in [5, 5.41) is 20.0. The zero-order chi connectivity index (χ0) is 16.1. The summed E-state index contributed by atoms with van der Waals surface area (Å²) in [6.07, 6.45) is 3.65. The van der Waals surface area contributed by atoms with Gasteiger partial charge in [-0.05, 0) is 31.9 Å². The number of aliphatic hydroxyl groups excluding tert-OH is 2. The molecule has 2 rings (SSSR count). The molecule has 0 heterocycles. The molecule has 2 N–H and O–H groups in total. The van der Waals surface area contributed by atoms with Gasteiger partial charge in [-0.15, -0.1) is 0 Å². The first-order chi connectivity index (χ1) is 10.5. The highest BCUT2D eigenvalue weighted by Gasteiger charge is 2.27. The van der Waals surface area contributed by atoms with Gasteiger partial charge >= 0.3 is 0 Å². The molecule has 1 saturated carbocycles. The molecule has 22 heavy (non-hydrogen) atoms. The van der Waals surface area contributed by atoms with Crippen molar-refractivity contribution < 1.29 is 19.0 Å². The van der Waals surface area contributed by atoms with Gasteiger partial charge in [0.25, 0.3) is 0 Å². The van der Waals surface area contributed by atoms with Crippen molar-refractivity contribution in [1.82, 2.24) is 4.90 Å². The van der Waals surface area contributed by atoms with E-state index >= 15 is 0 Å².